The standard InChI is InChI=1S/C24H29N3O2/c1-18-4-6-19(7-5-18)8-9-23(28)27-15-2-3-21-17-26(16-12-22(21)27)24(29)20-10-13-25-14-11-20/h4-7,10-11,13-14,21-22H,2-3,8-9,12,15-17H2,1H3/t21-,22-/m1/s1. The van der Waals surface area contributed by atoms with Crippen LogP contribution in [0.25, 0.3) is 0 Å². The zero-order valence-electron chi connectivity index (χ0n) is 17.1. The highest BCUT2D eigenvalue weighted by atomic mass is 16.2. The van der Waals surface area contributed by atoms with Gasteiger partial charge in [0.25, 0.3) is 5.91 Å². The van der Waals surface area contributed by atoms with Gasteiger partial charge in [0.15, 0.2) is 0 Å². The minimum atomic E-state index is 0.0775. The highest BCUT2D eigenvalue weighted by molar-refractivity contribution is 5.94. The van der Waals surface area contributed by atoms with Crippen LogP contribution in [0.3, 0.4) is 0 Å². The molecular formula is C24H29N3O2. The van der Waals surface area contributed by atoms with Crippen molar-refractivity contribution in [2.45, 2.75) is 45.1 Å². The van der Waals surface area contributed by atoms with Crippen LogP contribution in [-0.2, 0) is 11.2 Å². The molecule has 29 heavy (non-hydrogen) atoms. The lowest BCUT2D eigenvalue weighted by molar-refractivity contribution is -0.137. The van der Waals surface area contributed by atoms with Crippen molar-refractivity contribution in [1.29, 1.82) is 0 Å². The molecule has 4 rings (SSSR count). The van der Waals surface area contributed by atoms with Gasteiger partial charge in [0, 0.05) is 50.1 Å². The van der Waals surface area contributed by atoms with Crippen molar-refractivity contribution < 1.29 is 9.59 Å². The molecule has 2 aromatic rings. The highest BCUT2D eigenvalue weighted by Crippen LogP contribution is 2.31. The number of rotatable bonds is 4. The number of carbonyl (C=O) groups excluding carboxylic acids is 2. The Balaban J connectivity index is 1.36. The van der Waals surface area contributed by atoms with Crippen LogP contribution < -0.4 is 0 Å². The molecular weight excluding hydrogens is 362 g/mol. The molecule has 5 nitrogen and oxygen atoms in total. The summed E-state index contributed by atoms with van der Waals surface area (Å²) in [7, 11) is 0. The van der Waals surface area contributed by atoms with Crippen LogP contribution in [0.4, 0.5) is 0 Å². The third kappa shape index (κ3) is 4.50. The van der Waals surface area contributed by atoms with Gasteiger partial charge in [0.2, 0.25) is 5.91 Å². The van der Waals surface area contributed by atoms with Gasteiger partial charge in [-0.2, -0.15) is 0 Å². The average Bonchev–Trinajstić information content (AvgIpc) is 2.77. The first-order chi connectivity index (χ1) is 14.1. The van der Waals surface area contributed by atoms with Gasteiger partial charge in [0.05, 0.1) is 0 Å². The molecule has 0 N–H and O–H groups in total. The predicted molar refractivity (Wildman–Crippen MR) is 112 cm³/mol. The van der Waals surface area contributed by atoms with Gasteiger partial charge in [-0.3, -0.25) is 14.6 Å². The Kier molecular flexibility index (Phi) is 5.93. The molecule has 2 fully saturated rings. The molecule has 1 aromatic carbocycles. The molecule has 2 amide bonds. The molecule has 0 aliphatic carbocycles. The summed E-state index contributed by atoms with van der Waals surface area (Å²) in [4.78, 5) is 33.8. The van der Waals surface area contributed by atoms with Crippen LogP contribution in [-0.4, -0.2) is 52.3 Å². The normalized spacial score (nSPS) is 21.6. The summed E-state index contributed by atoms with van der Waals surface area (Å²) in [6.07, 6.45) is 7.66. The second kappa shape index (κ2) is 8.76. The van der Waals surface area contributed by atoms with Crippen LogP contribution in [0.5, 0.6) is 0 Å². The number of benzene rings is 1. The number of aryl methyl sites for hydroxylation is 2. The van der Waals surface area contributed by atoms with E-state index in [-0.39, 0.29) is 17.9 Å². The van der Waals surface area contributed by atoms with Gasteiger partial charge >= 0.3 is 0 Å². The molecule has 152 valence electrons. The maximum absolute atomic E-state index is 13.0. The van der Waals surface area contributed by atoms with Crippen molar-refractivity contribution in [3.63, 3.8) is 0 Å². The lowest BCUT2D eigenvalue weighted by Crippen LogP contribution is -2.56. The Morgan fingerprint density at radius 1 is 1.03 bits per heavy atom. The molecule has 1 aromatic heterocycles. The SMILES string of the molecule is Cc1ccc(CCC(=O)N2CCC[C@@H]3CN(C(=O)c4ccncc4)CC[C@H]32)cc1. The van der Waals surface area contributed by atoms with Crippen LogP contribution in [0.1, 0.15) is 47.2 Å². The third-order valence-electron chi connectivity index (χ3n) is 6.35. The number of aromatic nitrogens is 1. The number of pyridine rings is 1. The Morgan fingerprint density at radius 2 is 1.79 bits per heavy atom. The lowest BCUT2D eigenvalue weighted by Gasteiger charge is -2.47. The van der Waals surface area contributed by atoms with E-state index in [9.17, 15) is 9.59 Å². The second-order valence-corrected chi connectivity index (χ2v) is 8.32. The largest absolute Gasteiger partial charge is 0.339 e. The predicted octanol–water partition coefficient (Wildman–Crippen LogP) is 3.48. The maximum atomic E-state index is 13.0. The summed E-state index contributed by atoms with van der Waals surface area (Å²) in [6, 6.07) is 12.3. The van der Waals surface area contributed by atoms with Gasteiger partial charge < -0.3 is 9.80 Å². The molecule has 0 radical (unpaired) electrons. The summed E-state index contributed by atoms with van der Waals surface area (Å²) in [6.45, 7) is 4.39. The van der Waals surface area contributed by atoms with Crippen molar-refractivity contribution >= 4 is 11.8 Å². The molecule has 2 aliphatic rings. The Labute approximate surface area is 172 Å². The van der Waals surface area contributed by atoms with Crippen molar-refractivity contribution in [1.82, 2.24) is 14.8 Å². The number of nitrogens with zero attached hydrogens (tertiary/aromatic N) is 3. The van der Waals surface area contributed by atoms with Gasteiger partial charge in [0.1, 0.15) is 0 Å². The lowest BCUT2D eigenvalue weighted by atomic mass is 9.83. The van der Waals surface area contributed by atoms with E-state index in [0.717, 1.165) is 38.8 Å². The van der Waals surface area contributed by atoms with Crippen LogP contribution in [0.15, 0.2) is 48.8 Å². The smallest absolute Gasteiger partial charge is 0.253 e. The quantitative estimate of drug-likeness (QED) is 0.802. The molecule has 0 saturated carbocycles. The van der Waals surface area contributed by atoms with E-state index >= 15 is 0 Å². The fraction of sp³-hybridized carbons (Fsp3) is 0.458. The van der Waals surface area contributed by atoms with Crippen molar-refractivity contribution in [3.8, 4) is 0 Å². The average molecular weight is 392 g/mol. The van der Waals surface area contributed by atoms with Crippen LogP contribution in [0.2, 0.25) is 0 Å². The zero-order chi connectivity index (χ0) is 20.2. The summed E-state index contributed by atoms with van der Waals surface area (Å²) < 4.78 is 0. The van der Waals surface area contributed by atoms with Crippen LogP contribution in [0, 0.1) is 12.8 Å². The van der Waals surface area contributed by atoms with Crippen molar-refractivity contribution in [2.24, 2.45) is 5.92 Å². The third-order valence-corrected chi connectivity index (χ3v) is 6.35. The van der Waals surface area contributed by atoms with E-state index in [4.69, 9.17) is 0 Å². The fourth-order valence-corrected chi connectivity index (χ4v) is 4.72. The number of likely N-dealkylation sites (tertiary alicyclic amines) is 2. The molecule has 0 spiro atoms. The molecule has 2 atom stereocenters. The van der Waals surface area contributed by atoms with Gasteiger partial charge in [-0.15, -0.1) is 0 Å². The van der Waals surface area contributed by atoms with E-state index < -0.39 is 0 Å². The number of hydrogen-bond acceptors (Lipinski definition) is 3. The van der Waals surface area contributed by atoms with E-state index in [1.165, 1.54) is 11.1 Å². The molecule has 5 heteroatoms. The summed E-state index contributed by atoms with van der Waals surface area (Å²) in [5.74, 6) is 0.717. The van der Waals surface area contributed by atoms with Crippen molar-refractivity contribution in [3.05, 3.63) is 65.5 Å². The highest BCUT2D eigenvalue weighted by Gasteiger charge is 2.39. The first kappa shape index (κ1) is 19.6. The Bertz CT molecular complexity index is 850. The van der Waals surface area contributed by atoms with Crippen molar-refractivity contribution in [2.75, 3.05) is 19.6 Å². The fourth-order valence-electron chi connectivity index (χ4n) is 4.72. The molecule has 2 aliphatic heterocycles. The molecule has 0 bridgehead atoms. The number of carbonyl (C=O) groups is 2. The Morgan fingerprint density at radius 3 is 2.55 bits per heavy atom. The first-order valence-corrected chi connectivity index (χ1v) is 10.7. The summed E-state index contributed by atoms with van der Waals surface area (Å²) in [5, 5.41) is 0. The summed E-state index contributed by atoms with van der Waals surface area (Å²) in [5.41, 5.74) is 3.16. The van der Waals surface area contributed by atoms with Gasteiger partial charge in [-0.25, -0.2) is 0 Å². The van der Waals surface area contributed by atoms with Gasteiger partial charge in [-0.1, -0.05) is 29.8 Å². The zero-order valence-corrected chi connectivity index (χ0v) is 17.1. The monoisotopic (exact) mass is 391 g/mol. The number of fused-ring (bicyclic) bond motifs is 1. The second-order valence-electron chi connectivity index (χ2n) is 8.32. The molecule has 0 unspecified atom stereocenters. The Hall–Kier alpha value is -2.69. The minimum absolute atomic E-state index is 0.0775. The molecule has 3 heterocycles. The first-order valence-electron chi connectivity index (χ1n) is 10.7. The maximum Gasteiger partial charge on any atom is 0.253 e. The van der Waals surface area contributed by atoms with E-state index in [1.54, 1.807) is 24.5 Å². The van der Waals surface area contributed by atoms with E-state index in [0.29, 0.717) is 24.4 Å². The molecule has 2 saturated heterocycles. The number of piperidine rings is 2. The van der Waals surface area contributed by atoms with E-state index in [2.05, 4.69) is 41.1 Å². The summed E-state index contributed by atoms with van der Waals surface area (Å²) >= 11 is 0. The topological polar surface area (TPSA) is 53.5 Å². The number of amides is 2. The van der Waals surface area contributed by atoms with E-state index in [1.807, 2.05) is 4.90 Å². The minimum Gasteiger partial charge on any atom is -0.339 e. The number of hydrogen-bond donors (Lipinski definition) is 0. The van der Waals surface area contributed by atoms with Gasteiger partial charge in [-0.05, 0) is 56.2 Å². The van der Waals surface area contributed by atoms with Crippen LogP contribution >= 0.6 is 0 Å².